The van der Waals surface area contributed by atoms with Crippen molar-refractivity contribution in [2.24, 2.45) is 7.05 Å². The van der Waals surface area contributed by atoms with E-state index in [-0.39, 0.29) is 0 Å². The van der Waals surface area contributed by atoms with E-state index in [4.69, 9.17) is 0 Å². The number of pyridine rings is 2. The van der Waals surface area contributed by atoms with Crippen LogP contribution in [0.3, 0.4) is 0 Å². The molecule has 2 heterocycles. The maximum atomic E-state index is 4.59. The summed E-state index contributed by atoms with van der Waals surface area (Å²) in [4.78, 5) is 4.59. The molecule has 14 heavy (non-hydrogen) atoms. The smallest absolute Gasteiger partial charge is 0.177 e. The predicted octanol–water partition coefficient (Wildman–Crippen LogP) is 2.01. The highest BCUT2D eigenvalue weighted by molar-refractivity contribution is 5.76. The van der Waals surface area contributed by atoms with E-state index in [0.717, 1.165) is 18.4 Å². The minimum absolute atomic E-state index is 1.07. The monoisotopic (exact) mass is 187 g/mol. The fraction of sp³-hybridized carbons (Fsp3) is 0.333. The van der Waals surface area contributed by atoms with Crippen molar-refractivity contribution >= 4 is 10.9 Å². The van der Waals surface area contributed by atoms with Crippen LogP contribution in [0.15, 0.2) is 30.6 Å². The van der Waals surface area contributed by atoms with Crippen molar-refractivity contribution in [1.29, 1.82) is 0 Å². The van der Waals surface area contributed by atoms with E-state index >= 15 is 0 Å². The Kier molecular flexibility index (Phi) is 2.44. The van der Waals surface area contributed by atoms with Gasteiger partial charge in [0.15, 0.2) is 12.4 Å². The Morgan fingerprint density at radius 1 is 1.29 bits per heavy atom. The number of nitrogens with zero attached hydrogens (tertiary/aromatic N) is 2. The van der Waals surface area contributed by atoms with Gasteiger partial charge < -0.3 is 0 Å². The molecule has 0 radical (unpaired) electrons. The van der Waals surface area contributed by atoms with Crippen LogP contribution in [0.5, 0.6) is 0 Å². The number of hydrogen-bond donors (Lipinski definition) is 0. The summed E-state index contributed by atoms with van der Waals surface area (Å²) in [6, 6.07) is 6.33. The Bertz CT molecular complexity index is 449. The lowest BCUT2D eigenvalue weighted by molar-refractivity contribution is -0.670. The lowest BCUT2D eigenvalue weighted by Crippen LogP contribution is -2.25. The first-order chi connectivity index (χ1) is 6.79. The highest BCUT2D eigenvalue weighted by Crippen LogP contribution is 2.10. The number of aryl methyl sites for hydroxylation is 2. The Labute approximate surface area is 84.2 Å². The molecule has 0 N–H and O–H groups in total. The third-order valence-corrected chi connectivity index (χ3v) is 2.33. The zero-order valence-electron chi connectivity index (χ0n) is 8.70. The molecule has 2 heteroatoms. The number of fused-ring (bicyclic) bond motifs is 1. The van der Waals surface area contributed by atoms with Crippen LogP contribution < -0.4 is 4.57 Å². The molecule has 0 atom stereocenters. The highest BCUT2D eigenvalue weighted by Gasteiger charge is 2.00. The minimum atomic E-state index is 1.07. The van der Waals surface area contributed by atoms with Crippen molar-refractivity contribution in [3.63, 3.8) is 0 Å². The van der Waals surface area contributed by atoms with E-state index in [9.17, 15) is 0 Å². The molecule has 0 saturated heterocycles. The Morgan fingerprint density at radius 3 is 2.93 bits per heavy atom. The summed E-state index contributed by atoms with van der Waals surface area (Å²) in [7, 11) is 2.03. The van der Waals surface area contributed by atoms with E-state index < -0.39 is 0 Å². The molecule has 0 aliphatic rings. The number of aromatic nitrogens is 2. The molecule has 0 aliphatic heterocycles. The Morgan fingerprint density at radius 2 is 2.14 bits per heavy atom. The molecule has 2 aromatic heterocycles. The third kappa shape index (κ3) is 1.74. The van der Waals surface area contributed by atoms with Crippen molar-refractivity contribution in [2.45, 2.75) is 19.8 Å². The maximum absolute atomic E-state index is 4.59. The first-order valence-corrected chi connectivity index (χ1v) is 5.04. The van der Waals surface area contributed by atoms with E-state index in [1.54, 1.807) is 0 Å². The van der Waals surface area contributed by atoms with Crippen LogP contribution in [0, 0.1) is 0 Å². The fourth-order valence-corrected chi connectivity index (χ4v) is 1.62. The van der Waals surface area contributed by atoms with Crippen LogP contribution >= 0.6 is 0 Å². The van der Waals surface area contributed by atoms with Crippen LogP contribution in [0.25, 0.3) is 10.9 Å². The predicted molar refractivity (Wildman–Crippen MR) is 56.9 cm³/mol. The second kappa shape index (κ2) is 3.74. The molecule has 2 aromatic rings. The average molecular weight is 187 g/mol. The van der Waals surface area contributed by atoms with E-state index in [0.29, 0.717) is 0 Å². The van der Waals surface area contributed by atoms with Gasteiger partial charge in [0.1, 0.15) is 7.05 Å². The van der Waals surface area contributed by atoms with Crippen molar-refractivity contribution in [2.75, 3.05) is 0 Å². The summed E-state index contributed by atoms with van der Waals surface area (Å²) in [5.74, 6) is 0. The average Bonchev–Trinajstić information content (AvgIpc) is 2.19. The molecule has 0 bridgehead atoms. The zero-order chi connectivity index (χ0) is 9.97. The van der Waals surface area contributed by atoms with Gasteiger partial charge in [-0.2, -0.15) is 0 Å². The van der Waals surface area contributed by atoms with Crippen LogP contribution in [-0.4, -0.2) is 4.98 Å². The van der Waals surface area contributed by atoms with Crippen LogP contribution in [0.1, 0.15) is 19.0 Å². The van der Waals surface area contributed by atoms with Crippen LogP contribution in [0.2, 0.25) is 0 Å². The molecule has 0 spiro atoms. The lowest BCUT2D eigenvalue weighted by atomic mass is 10.2. The largest absolute Gasteiger partial charge is 0.252 e. The summed E-state index contributed by atoms with van der Waals surface area (Å²) >= 11 is 0. The van der Waals surface area contributed by atoms with E-state index in [2.05, 4.69) is 36.3 Å². The van der Waals surface area contributed by atoms with Crippen LogP contribution in [-0.2, 0) is 13.5 Å². The first-order valence-electron chi connectivity index (χ1n) is 5.04. The van der Waals surface area contributed by atoms with Gasteiger partial charge in [-0.25, -0.2) is 4.57 Å². The molecular weight excluding hydrogens is 172 g/mol. The van der Waals surface area contributed by atoms with Crippen molar-refractivity contribution < 1.29 is 4.57 Å². The second-order valence-electron chi connectivity index (χ2n) is 3.64. The van der Waals surface area contributed by atoms with Gasteiger partial charge in [-0.1, -0.05) is 13.3 Å². The summed E-state index contributed by atoms with van der Waals surface area (Å²) in [5, 5.41) is 1.20. The molecule has 72 valence electrons. The highest BCUT2D eigenvalue weighted by atomic mass is 14.9. The molecular formula is C12H15N2+. The molecule has 2 rings (SSSR count). The topological polar surface area (TPSA) is 16.8 Å². The standard InChI is InChI=1S/C12H15N2/c1-3-4-11-6-5-10-9-14(2)8-7-12(10)13-11/h5-9H,3-4H2,1-2H3/q+1. The third-order valence-electron chi connectivity index (χ3n) is 2.33. The molecule has 2 nitrogen and oxygen atoms in total. The zero-order valence-corrected chi connectivity index (χ0v) is 8.70. The van der Waals surface area contributed by atoms with Gasteiger partial charge in [0.2, 0.25) is 0 Å². The molecule has 0 fully saturated rings. The number of rotatable bonds is 2. The summed E-state index contributed by atoms with van der Waals surface area (Å²) < 4.78 is 2.05. The van der Waals surface area contributed by atoms with Gasteiger partial charge in [-0.15, -0.1) is 0 Å². The van der Waals surface area contributed by atoms with Crippen LogP contribution in [0.4, 0.5) is 0 Å². The quantitative estimate of drug-likeness (QED) is 0.657. The SMILES string of the molecule is CCCc1ccc2c[n+](C)ccc2n1. The Balaban J connectivity index is 2.50. The first kappa shape index (κ1) is 9.13. The second-order valence-corrected chi connectivity index (χ2v) is 3.64. The number of hydrogen-bond acceptors (Lipinski definition) is 1. The van der Waals surface area contributed by atoms with Crippen molar-refractivity contribution in [3.05, 3.63) is 36.3 Å². The molecule has 0 aromatic carbocycles. The lowest BCUT2D eigenvalue weighted by Gasteiger charge is -1.99. The van der Waals surface area contributed by atoms with Gasteiger partial charge >= 0.3 is 0 Å². The van der Waals surface area contributed by atoms with Gasteiger partial charge in [-0.05, 0) is 18.6 Å². The van der Waals surface area contributed by atoms with Crippen molar-refractivity contribution in [1.82, 2.24) is 4.98 Å². The van der Waals surface area contributed by atoms with E-state index in [1.807, 2.05) is 17.8 Å². The maximum Gasteiger partial charge on any atom is 0.177 e. The normalized spacial score (nSPS) is 10.7. The molecule has 0 amide bonds. The molecule has 0 unspecified atom stereocenters. The molecule has 0 saturated carbocycles. The van der Waals surface area contributed by atoms with E-state index in [1.165, 1.54) is 11.1 Å². The van der Waals surface area contributed by atoms with Gasteiger partial charge in [0.25, 0.3) is 0 Å². The Hall–Kier alpha value is -1.44. The summed E-state index contributed by atoms with van der Waals surface area (Å²) in [5.41, 5.74) is 2.28. The van der Waals surface area contributed by atoms with Crippen molar-refractivity contribution in [3.8, 4) is 0 Å². The van der Waals surface area contributed by atoms with Gasteiger partial charge in [0.05, 0.1) is 10.9 Å². The fourth-order valence-electron chi connectivity index (χ4n) is 1.62. The summed E-state index contributed by atoms with van der Waals surface area (Å²) in [6.07, 6.45) is 6.35. The minimum Gasteiger partial charge on any atom is -0.252 e. The summed E-state index contributed by atoms with van der Waals surface area (Å²) in [6.45, 7) is 2.18. The van der Waals surface area contributed by atoms with Gasteiger partial charge in [-0.3, -0.25) is 4.98 Å². The van der Waals surface area contributed by atoms with Gasteiger partial charge in [0, 0.05) is 11.8 Å². The molecule has 0 aliphatic carbocycles.